The van der Waals surface area contributed by atoms with Gasteiger partial charge in [-0.25, -0.2) is 13.9 Å². The van der Waals surface area contributed by atoms with Crippen molar-refractivity contribution in [3.05, 3.63) is 82.9 Å². The minimum Gasteiger partial charge on any atom is -0.365 e. The highest BCUT2D eigenvalue weighted by molar-refractivity contribution is 5.74. The highest BCUT2D eigenvalue weighted by atomic mass is 19.1. The second kappa shape index (κ2) is 11.0. The van der Waals surface area contributed by atoms with Gasteiger partial charge in [0.15, 0.2) is 0 Å². The Morgan fingerprint density at radius 2 is 1.94 bits per heavy atom. The van der Waals surface area contributed by atoms with Crippen molar-refractivity contribution in [3.8, 4) is 0 Å². The van der Waals surface area contributed by atoms with Gasteiger partial charge in [-0.05, 0) is 42.5 Å². The number of hydrogen-bond donors (Lipinski definition) is 2. The molecule has 3 aromatic rings. The number of piperidine rings is 1. The quantitative estimate of drug-likeness (QED) is 0.545. The van der Waals surface area contributed by atoms with E-state index in [1.165, 1.54) is 17.7 Å². The highest BCUT2D eigenvalue weighted by Gasteiger charge is 2.27. The van der Waals surface area contributed by atoms with Crippen LogP contribution in [0.1, 0.15) is 41.5 Å². The predicted octanol–water partition coefficient (Wildman–Crippen LogP) is 3.20. The van der Waals surface area contributed by atoms with Crippen molar-refractivity contribution < 1.29 is 13.9 Å². The number of halogens is 1. The number of carbonyl (C=O) groups excluding carboxylic acids is 1. The van der Waals surface area contributed by atoms with Gasteiger partial charge in [0.1, 0.15) is 17.6 Å². The first-order valence-electron chi connectivity index (χ1n) is 12.2. The van der Waals surface area contributed by atoms with E-state index in [2.05, 4.69) is 38.0 Å². The molecule has 2 aliphatic heterocycles. The third-order valence-electron chi connectivity index (χ3n) is 6.74. The van der Waals surface area contributed by atoms with Crippen molar-refractivity contribution in [3.63, 3.8) is 0 Å². The molecule has 1 fully saturated rings. The SMILES string of the molecule is O=C(NCCc1ccccc1)NC1CCN(Cc2nnn3c2CO[C@@H](c2cccc(F)c2)C3)CC1. The maximum atomic E-state index is 13.6. The van der Waals surface area contributed by atoms with Crippen LogP contribution in [0, 0.1) is 5.82 Å². The Labute approximate surface area is 204 Å². The second-order valence-corrected chi connectivity index (χ2v) is 9.21. The van der Waals surface area contributed by atoms with Gasteiger partial charge in [0.2, 0.25) is 0 Å². The lowest BCUT2D eigenvalue weighted by atomic mass is 10.0. The van der Waals surface area contributed by atoms with Gasteiger partial charge >= 0.3 is 6.03 Å². The largest absolute Gasteiger partial charge is 0.365 e. The van der Waals surface area contributed by atoms with Crippen molar-refractivity contribution in [2.45, 2.75) is 51.1 Å². The van der Waals surface area contributed by atoms with Gasteiger partial charge in [-0.1, -0.05) is 47.7 Å². The zero-order chi connectivity index (χ0) is 24.0. The molecular formula is C26H31FN6O2. The van der Waals surface area contributed by atoms with Crippen LogP contribution in [0.15, 0.2) is 54.6 Å². The molecule has 0 unspecified atom stereocenters. The Kier molecular flexibility index (Phi) is 7.34. The van der Waals surface area contributed by atoms with Crippen LogP contribution in [0.5, 0.6) is 0 Å². The standard InChI is InChI=1S/C26H31FN6O2/c27-21-8-4-7-20(15-21)25-17-33-24(18-35-25)23(30-31-33)16-32-13-10-22(11-14-32)29-26(34)28-12-9-19-5-2-1-3-6-19/h1-8,15,22,25H,9-14,16-18H2,(H2,28,29,34)/t25-/m1/s1. The molecule has 5 rings (SSSR count). The summed E-state index contributed by atoms with van der Waals surface area (Å²) < 4.78 is 21.5. The van der Waals surface area contributed by atoms with E-state index in [9.17, 15) is 9.18 Å². The molecule has 0 aliphatic carbocycles. The van der Waals surface area contributed by atoms with Crippen molar-refractivity contribution in [2.75, 3.05) is 19.6 Å². The number of urea groups is 1. The minimum absolute atomic E-state index is 0.100. The lowest BCUT2D eigenvalue weighted by Gasteiger charge is -2.32. The molecule has 0 saturated carbocycles. The lowest BCUT2D eigenvalue weighted by molar-refractivity contribution is -0.00232. The van der Waals surface area contributed by atoms with Gasteiger partial charge < -0.3 is 15.4 Å². The number of benzene rings is 2. The summed E-state index contributed by atoms with van der Waals surface area (Å²) in [7, 11) is 0. The molecule has 35 heavy (non-hydrogen) atoms. The number of hydrogen-bond acceptors (Lipinski definition) is 5. The second-order valence-electron chi connectivity index (χ2n) is 9.21. The first-order chi connectivity index (χ1) is 17.1. The Hall–Kier alpha value is -3.30. The maximum absolute atomic E-state index is 13.6. The average Bonchev–Trinajstić information content (AvgIpc) is 3.28. The van der Waals surface area contributed by atoms with E-state index in [1.807, 2.05) is 28.9 Å². The highest BCUT2D eigenvalue weighted by Crippen LogP contribution is 2.28. The van der Waals surface area contributed by atoms with Gasteiger partial charge in [0, 0.05) is 32.2 Å². The van der Waals surface area contributed by atoms with Gasteiger partial charge in [0.05, 0.1) is 18.8 Å². The molecule has 8 nitrogen and oxygen atoms in total. The summed E-state index contributed by atoms with van der Waals surface area (Å²) in [5, 5.41) is 14.8. The van der Waals surface area contributed by atoms with Crippen LogP contribution in [0.4, 0.5) is 9.18 Å². The number of likely N-dealkylation sites (tertiary alicyclic amines) is 1. The lowest BCUT2D eigenvalue weighted by Crippen LogP contribution is -2.48. The normalized spacial score (nSPS) is 18.7. The van der Waals surface area contributed by atoms with Gasteiger partial charge in [-0.15, -0.1) is 5.10 Å². The fourth-order valence-electron chi connectivity index (χ4n) is 4.74. The number of rotatable bonds is 7. The zero-order valence-electron chi connectivity index (χ0n) is 19.7. The molecule has 0 spiro atoms. The van der Waals surface area contributed by atoms with E-state index < -0.39 is 0 Å². The number of nitrogens with one attached hydrogen (secondary N) is 2. The van der Waals surface area contributed by atoms with Gasteiger partial charge in [-0.3, -0.25) is 4.90 Å². The fraction of sp³-hybridized carbons (Fsp3) is 0.423. The van der Waals surface area contributed by atoms with Crippen molar-refractivity contribution in [1.29, 1.82) is 0 Å². The Bertz CT molecular complexity index is 1130. The summed E-state index contributed by atoms with van der Waals surface area (Å²) in [5.74, 6) is -0.265. The minimum atomic E-state index is -0.265. The molecule has 2 N–H and O–H groups in total. The number of ether oxygens (including phenoxy) is 1. The van der Waals surface area contributed by atoms with E-state index in [-0.39, 0.29) is 24.0 Å². The van der Waals surface area contributed by atoms with Crippen LogP contribution in [0.3, 0.4) is 0 Å². The molecule has 3 heterocycles. The van der Waals surface area contributed by atoms with E-state index in [0.29, 0.717) is 26.2 Å². The summed E-state index contributed by atoms with van der Waals surface area (Å²) in [5.41, 5.74) is 3.93. The number of amides is 2. The van der Waals surface area contributed by atoms with Crippen molar-refractivity contribution >= 4 is 6.03 Å². The average molecular weight is 479 g/mol. The number of carbonyl (C=O) groups is 1. The molecule has 184 valence electrons. The molecule has 9 heteroatoms. The van der Waals surface area contributed by atoms with Crippen molar-refractivity contribution in [2.24, 2.45) is 0 Å². The van der Waals surface area contributed by atoms with Crippen LogP contribution in [0.25, 0.3) is 0 Å². The monoisotopic (exact) mass is 478 g/mol. The third-order valence-corrected chi connectivity index (χ3v) is 6.74. The van der Waals surface area contributed by atoms with Gasteiger partial charge in [-0.2, -0.15) is 0 Å². The summed E-state index contributed by atoms with van der Waals surface area (Å²) in [6, 6.07) is 16.7. The first-order valence-corrected chi connectivity index (χ1v) is 12.2. The molecule has 2 aromatic carbocycles. The Morgan fingerprint density at radius 1 is 1.11 bits per heavy atom. The molecule has 2 amide bonds. The molecule has 2 aliphatic rings. The van der Waals surface area contributed by atoms with E-state index in [4.69, 9.17) is 4.74 Å². The summed E-state index contributed by atoms with van der Waals surface area (Å²) >= 11 is 0. The van der Waals surface area contributed by atoms with E-state index >= 15 is 0 Å². The maximum Gasteiger partial charge on any atom is 0.315 e. The Balaban J connectivity index is 1.06. The number of fused-ring (bicyclic) bond motifs is 1. The fourth-order valence-corrected chi connectivity index (χ4v) is 4.74. The number of aromatic nitrogens is 3. The zero-order valence-corrected chi connectivity index (χ0v) is 19.7. The first kappa shape index (κ1) is 23.4. The molecule has 1 aromatic heterocycles. The topological polar surface area (TPSA) is 84.3 Å². The third kappa shape index (κ3) is 6.04. The molecule has 0 radical (unpaired) electrons. The smallest absolute Gasteiger partial charge is 0.315 e. The van der Waals surface area contributed by atoms with Gasteiger partial charge in [0.25, 0.3) is 0 Å². The van der Waals surface area contributed by atoms with Crippen LogP contribution in [0.2, 0.25) is 0 Å². The van der Waals surface area contributed by atoms with Crippen LogP contribution >= 0.6 is 0 Å². The molecule has 1 saturated heterocycles. The van der Waals surface area contributed by atoms with E-state index in [1.54, 1.807) is 6.07 Å². The van der Waals surface area contributed by atoms with Crippen molar-refractivity contribution in [1.82, 2.24) is 30.5 Å². The summed E-state index contributed by atoms with van der Waals surface area (Å²) in [4.78, 5) is 14.6. The van der Waals surface area contributed by atoms with Crippen LogP contribution in [-0.2, 0) is 30.9 Å². The van der Waals surface area contributed by atoms with Crippen LogP contribution < -0.4 is 10.6 Å². The number of nitrogens with zero attached hydrogens (tertiary/aromatic N) is 4. The summed E-state index contributed by atoms with van der Waals surface area (Å²) in [6.07, 6.45) is 2.39. The molecule has 1 atom stereocenters. The molecular weight excluding hydrogens is 447 g/mol. The van der Waals surface area contributed by atoms with E-state index in [0.717, 1.165) is 49.3 Å². The van der Waals surface area contributed by atoms with Crippen LogP contribution in [-0.4, -0.2) is 51.6 Å². The Morgan fingerprint density at radius 3 is 2.74 bits per heavy atom. The predicted molar refractivity (Wildman–Crippen MR) is 129 cm³/mol. The summed E-state index contributed by atoms with van der Waals surface area (Å²) in [6.45, 7) is 4.03. The molecule has 0 bridgehead atoms.